The van der Waals surface area contributed by atoms with Crippen molar-refractivity contribution < 1.29 is 19.4 Å². The Kier molecular flexibility index (Phi) is 9.50. The van der Waals surface area contributed by atoms with Crippen molar-refractivity contribution in [3.63, 3.8) is 0 Å². The van der Waals surface area contributed by atoms with E-state index >= 15 is 0 Å². The summed E-state index contributed by atoms with van der Waals surface area (Å²) in [5, 5.41) is 21.0. The smallest absolute Gasteiger partial charge is 0.192 e. The number of allylic oxidation sites excluding steroid dienone is 3. The van der Waals surface area contributed by atoms with E-state index in [0.717, 1.165) is 24.0 Å². The van der Waals surface area contributed by atoms with Gasteiger partial charge >= 0.3 is 0 Å². The van der Waals surface area contributed by atoms with E-state index in [-0.39, 0.29) is 22.7 Å². The van der Waals surface area contributed by atoms with Gasteiger partial charge in [-0.25, -0.2) is 0 Å². The van der Waals surface area contributed by atoms with Crippen LogP contribution >= 0.6 is 0 Å². The van der Waals surface area contributed by atoms with Crippen molar-refractivity contribution in [1.82, 2.24) is 0 Å². The van der Waals surface area contributed by atoms with E-state index in [9.17, 15) is 10.2 Å². The van der Waals surface area contributed by atoms with Crippen LogP contribution in [0.25, 0.3) is 0 Å². The van der Waals surface area contributed by atoms with Gasteiger partial charge in [-0.3, -0.25) is 0 Å². The van der Waals surface area contributed by atoms with Crippen molar-refractivity contribution in [2.45, 2.75) is 142 Å². The fourth-order valence-corrected chi connectivity index (χ4v) is 8.16. The minimum atomic E-state index is -1.90. The lowest BCUT2D eigenvalue weighted by molar-refractivity contribution is -0.0454. The van der Waals surface area contributed by atoms with Gasteiger partial charge in [0.2, 0.25) is 0 Å². The van der Waals surface area contributed by atoms with Crippen LogP contribution in [0.3, 0.4) is 0 Å². The minimum Gasteiger partial charge on any atom is -0.413 e. The van der Waals surface area contributed by atoms with Crippen molar-refractivity contribution in [3.05, 3.63) is 35.5 Å². The first-order valence-electron chi connectivity index (χ1n) is 14.7. The second kappa shape index (κ2) is 11.4. The Hall–Kier alpha value is -0.723. The summed E-state index contributed by atoms with van der Waals surface area (Å²) in [6, 6.07) is 0. The van der Waals surface area contributed by atoms with Crippen LogP contribution in [0.4, 0.5) is 0 Å². The fraction of sp³-hybridized carbons (Fsp3) is 0.812. The molecule has 37 heavy (non-hydrogen) atoms. The lowest BCUT2D eigenvalue weighted by Gasteiger charge is -2.44. The van der Waals surface area contributed by atoms with Crippen LogP contribution in [0, 0.1) is 17.3 Å². The molecule has 0 aliphatic heterocycles. The lowest BCUT2D eigenvalue weighted by Crippen LogP contribution is -2.46. The fourth-order valence-electron chi connectivity index (χ4n) is 6.79. The monoisotopic (exact) mass is 532 g/mol. The zero-order valence-electron chi connectivity index (χ0n) is 25.3. The van der Waals surface area contributed by atoms with E-state index in [1.165, 1.54) is 25.7 Å². The van der Waals surface area contributed by atoms with Gasteiger partial charge < -0.3 is 19.4 Å². The number of aliphatic hydroxyl groups excluding tert-OH is 1. The maximum absolute atomic E-state index is 10.8. The zero-order chi connectivity index (χ0) is 27.8. The Morgan fingerprint density at radius 3 is 2.46 bits per heavy atom. The van der Waals surface area contributed by atoms with E-state index in [1.807, 2.05) is 13.8 Å². The van der Waals surface area contributed by atoms with Crippen LogP contribution in [0.15, 0.2) is 35.5 Å². The molecule has 3 aliphatic rings. The maximum Gasteiger partial charge on any atom is 0.192 e. The summed E-state index contributed by atoms with van der Waals surface area (Å²) >= 11 is 0. The molecule has 0 aromatic carbocycles. The highest BCUT2D eigenvalue weighted by molar-refractivity contribution is 6.74. The predicted molar refractivity (Wildman–Crippen MR) is 157 cm³/mol. The summed E-state index contributed by atoms with van der Waals surface area (Å²) in [5.41, 5.74) is 3.15. The normalized spacial score (nSPS) is 34.7. The maximum atomic E-state index is 10.8. The highest BCUT2D eigenvalue weighted by atomic mass is 28.4. The average Bonchev–Trinajstić information content (AvgIpc) is 3.10. The molecule has 3 saturated carbocycles. The lowest BCUT2D eigenvalue weighted by atomic mass is 9.62. The molecule has 0 amide bonds. The largest absolute Gasteiger partial charge is 0.413 e. The van der Waals surface area contributed by atoms with Gasteiger partial charge in [-0.2, -0.15) is 0 Å². The molecular formula is C32H56O4Si. The highest BCUT2D eigenvalue weighted by Crippen LogP contribution is 2.58. The summed E-state index contributed by atoms with van der Waals surface area (Å²) < 4.78 is 13.0. The molecule has 3 aliphatic carbocycles. The van der Waals surface area contributed by atoms with Gasteiger partial charge in [0.05, 0.1) is 23.9 Å². The van der Waals surface area contributed by atoms with Gasteiger partial charge in [-0.15, -0.1) is 0 Å². The Labute approximate surface area is 228 Å². The third-order valence-electron chi connectivity index (χ3n) is 10.2. The van der Waals surface area contributed by atoms with Crippen LogP contribution in [0.1, 0.15) is 99.8 Å². The third-order valence-corrected chi connectivity index (χ3v) is 14.7. The number of rotatable bonds is 8. The van der Waals surface area contributed by atoms with Crippen molar-refractivity contribution in [3.8, 4) is 0 Å². The molecule has 0 heterocycles. The highest BCUT2D eigenvalue weighted by Gasteiger charge is 2.51. The molecule has 1 unspecified atom stereocenters. The van der Waals surface area contributed by atoms with Crippen LogP contribution in [-0.2, 0) is 9.16 Å². The molecule has 5 heteroatoms. The minimum absolute atomic E-state index is 0.0559. The van der Waals surface area contributed by atoms with Crippen molar-refractivity contribution in [2.24, 2.45) is 17.3 Å². The molecule has 4 nitrogen and oxygen atoms in total. The molecule has 0 aromatic rings. The van der Waals surface area contributed by atoms with Gasteiger partial charge in [0.1, 0.15) is 0 Å². The Bertz CT molecular complexity index is 874. The van der Waals surface area contributed by atoms with Crippen LogP contribution < -0.4 is 0 Å². The van der Waals surface area contributed by atoms with Crippen LogP contribution in [0.2, 0.25) is 18.1 Å². The standard InChI is InChI=1S/C32H56O4Si/c1-22-25(20-26(21-29(22)33)36-37(9,10)30(3,4)5)14-13-24-12-11-17-32(8)27(15-16-28(24)32)23(2)35-19-18-31(6,7)34/h13-14,23,26-29,33-34H,1,11-12,15-21H2,2-10H3/b24-13+,25-14+/t23-,26+,27+,28?,29-,32+/m0/s1. The first-order chi connectivity index (χ1) is 16.9. The van der Waals surface area contributed by atoms with Gasteiger partial charge in [0.15, 0.2) is 8.32 Å². The van der Waals surface area contributed by atoms with Crippen molar-refractivity contribution >= 4 is 8.32 Å². The summed E-state index contributed by atoms with van der Waals surface area (Å²) in [4.78, 5) is 0. The van der Waals surface area contributed by atoms with E-state index in [4.69, 9.17) is 9.16 Å². The van der Waals surface area contributed by atoms with E-state index in [0.29, 0.717) is 31.3 Å². The number of fused-ring (bicyclic) bond motifs is 1. The molecule has 0 bridgehead atoms. The SMILES string of the molecule is C=C1/C(=C/C=C2\CCC[C@@]3(C)C2CC[C@@H]3[C@H](C)OCCC(C)(C)O)C[C@@H](O[Si](C)(C)C(C)(C)C)C[C@@H]1O. The third kappa shape index (κ3) is 7.28. The molecule has 0 saturated heterocycles. The van der Waals surface area contributed by atoms with Crippen LogP contribution in [-0.4, -0.2) is 49.1 Å². The van der Waals surface area contributed by atoms with E-state index in [1.54, 1.807) is 5.57 Å². The molecule has 0 aromatic heterocycles. The Morgan fingerprint density at radius 2 is 1.84 bits per heavy atom. The average molecular weight is 533 g/mol. The predicted octanol–water partition coefficient (Wildman–Crippen LogP) is 7.72. The molecule has 212 valence electrons. The van der Waals surface area contributed by atoms with Crippen molar-refractivity contribution in [1.29, 1.82) is 0 Å². The van der Waals surface area contributed by atoms with Gasteiger partial charge in [-0.1, -0.05) is 52.0 Å². The summed E-state index contributed by atoms with van der Waals surface area (Å²) in [6.07, 6.45) is 12.6. The number of hydrogen-bond acceptors (Lipinski definition) is 4. The van der Waals surface area contributed by atoms with Crippen molar-refractivity contribution in [2.75, 3.05) is 6.61 Å². The molecular weight excluding hydrogens is 476 g/mol. The van der Waals surface area contributed by atoms with Gasteiger partial charge in [0.25, 0.3) is 0 Å². The Morgan fingerprint density at radius 1 is 1.16 bits per heavy atom. The first-order valence-corrected chi connectivity index (χ1v) is 17.6. The number of hydrogen-bond donors (Lipinski definition) is 2. The quantitative estimate of drug-likeness (QED) is 0.314. The molecule has 0 radical (unpaired) electrons. The first kappa shape index (κ1) is 30.8. The number of ether oxygens (including phenoxy) is 1. The molecule has 6 atom stereocenters. The van der Waals surface area contributed by atoms with Crippen LogP contribution in [0.5, 0.6) is 0 Å². The summed E-state index contributed by atoms with van der Waals surface area (Å²) in [7, 11) is -1.90. The zero-order valence-corrected chi connectivity index (χ0v) is 26.3. The second-order valence-corrected chi connectivity index (χ2v) is 19.4. The van der Waals surface area contributed by atoms with Gasteiger partial charge in [-0.05, 0) is 112 Å². The molecule has 3 fully saturated rings. The van der Waals surface area contributed by atoms with E-state index < -0.39 is 20.0 Å². The summed E-state index contributed by atoms with van der Waals surface area (Å²) in [6.45, 7) is 24.7. The van der Waals surface area contributed by atoms with Gasteiger partial charge in [0, 0.05) is 13.0 Å². The summed E-state index contributed by atoms with van der Waals surface area (Å²) in [5.74, 6) is 1.13. The second-order valence-electron chi connectivity index (χ2n) is 14.6. The molecule has 2 N–H and O–H groups in total. The Balaban J connectivity index is 1.73. The van der Waals surface area contributed by atoms with E-state index in [2.05, 4.69) is 66.4 Å². The molecule has 0 spiro atoms. The molecule has 3 rings (SSSR count). The topological polar surface area (TPSA) is 58.9 Å². The number of aliphatic hydroxyl groups is 2.